The summed E-state index contributed by atoms with van der Waals surface area (Å²) in [6, 6.07) is 6.78. The van der Waals surface area contributed by atoms with Crippen molar-refractivity contribution in [3.05, 3.63) is 53.2 Å². The highest BCUT2D eigenvalue weighted by Gasteiger charge is 2.31. The van der Waals surface area contributed by atoms with Crippen molar-refractivity contribution < 1.29 is 18.0 Å². The van der Waals surface area contributed by atoms with Crippen LogP contribution in [-0.4, -0.2) is 11.0 Å². The molecule has 0 aliphatic heterocycles. The molecule has 0 saturated carbocycles. The summed E-state index contributed by atoms with van der Waals surface area (Å²) in [5, 5.41) is 4.62. The molecule has 2 N–H and O–H groups in total. The number of aromatic nitrogens is 1. The first kappa shape index (κ1) is 15.1. The molecule has 0 fully saturated rings. The van der Waals surface area contributed by atoms with E-state index < -0.39 is 17.8 Å². The van der Waals surface area contributed by atoms with Crippen LogP contribution in [0.2, 0.25) is 5.02 Å². The maximum atomic E-state index is 12.6. The van der Waals surface area contributed by atoms with Gasteiger partial charge >= 0.3 is 12.2 Å². The Labute approximate surface area is 122 Å². The first-order valence-electron chi connectivity index (χ1n) is 5.72. The fourth-order valence-corrected chi connectivity index (χ4v) is 1.67. The molecule has 0 saturated heterocycles. The number of anilines is 2. The van der Waals surface area contributed by atoms with E-state index in [0.717, 1.165) is 18.2 Å². The van der Waals surface area contributed by atoms with Gasteiger partial charge in [0.25, 0.3) is 0 Å². The number of hydrogen-bond donors (Lipinski definition) is 2. The van der Waals surface area contributed by atoms with Crippen molar-refractivity contribution in [3.8, 4) is 0 Å². The average Bonchev–Trinajstić information content (AvgIpc) is 2.41. The van der Waals surface area contributed by atoms with E-state index in [1.807, 2.05) is 0 Å². The van der Waals surface area contributed by atoms with Crippen molar-refractivity contribution in [2.45, 2.75) is 6.18 Å². The van der Waals surface area contributed by atoms with Gasteiger partial charge in [-0.25, -0.2) is 9.78 Å². The Balaban J connectivity index is 2.14. The van der Waals surface area contributed by atoms with E-state index in [4.69, 9.17) is 11.6 Å². The predicted molar refractivity (Wildman–Crippen MR) is 73.3 cm³/mol. The molecule has 21 heavy (non-hydrogen) atoms. The average molecular weight is 316 g/mol. The molecular formula is C13H9ClF3N3O. The number of hydrogen-bond acceptors (Lipinski definition) is 2. The van der Waals surface area contributed by atoms with Gasteiger partial charge in [-0.2, -0.15) is 13.2 Å². The van der Waals surface area contributed by atoms with Gasteiger partial charge in [0.15, 0.2) is 0 Å². The fraction of sp³-hybridized carbons (Fsp3) is 0.0769. The SMILES string of the molecule is O=C(Nc1ccccn1)Nc1cc(C(F)(F)F)ccc1Cl. The Morgan fingerprint density at radius 2 is 1.90 bits per heavy atom. The molecule has 1 aromatic carbocycles. The standard InChI is InChI=1S/C13H9ClF3N3O/c14-9-5-4-8(13(15,16)17)7-10(9)19-12(21)20-11-3-1-2-6-18-11/h1-7H,(H2,18,19,20,21). The molecule has 4 nitrogen and oxygen atoms in total. The summed E-state index contributed by atoms with van der Waals surface area (Å²) >= 11 is 5.77. The molecule has 2 amide bonds. The van der Waals surface area contributed by atoms with Crippen LogP contribution in [0, 0.1) is 0 Å². The topological polar surface area (TPSA) is 54.0 Å². The van der Waals surface area contributed by atoms with Crippen LogP contribution in [0.25, 0.3) is 0 Å². The predicted octanol–water partition coefficient (Wildman–Crippen LogP) is 4.40. The van der Waals surface area contributed by atoms with Crippen LogP contribution in [0.3, 0.4) is 0 Å². The van der Waals surface area contributed by atoms with Crippen molar-refractivity contribution >= 4 is 29.1 Å². The first-order valence-corrected chi connectivity index (χ1v) is 6.10. The normalized spacial score (nSPS) is 11.0. The van der Waals surface area contributed by atoms with Crippen molar-refractivity contribution in [2.75, 3.05) is 10.6 Å². The number of nitrogens with zero attached hydrogens (tertiary/aromatic N) is 1. The quantitative estimate of drug-likeness (QED) is 0.863. The van der Waals surface area contributed by atoms with Crippen molar-refractivity contribution in [1.82, 2.24) is 4.98 Å². The van der Waals surface area contributed by atoms with Gasteiger partial charge in [-0.1, -0.05) is 17.7 Å². The summed E-state index contributed by atoms with van der Waals surface area (Å²) in [7, 11) is 0. The second kappa shape index (κ2) is 6.01. The van der Waals surface area contributed by atoms with Gasteiger partial charge in [-0.3, -0.25) is 5.32 Å². The Bertz CT molecular complexity index is 647. The van der Waals surface area contributed by atoms with Crippen LogP contribution in [0.1, 0.15) is 5.56 Å². The molecule has 1 aromatic heterocycles. The Kier molecular flexibility index (Phi) is 4.32. The maximum absolute atomic E-state index is 12.6. The smallest absolute Gasteiger partial charge is 0.306 e. The summed E-state index contributed by atoms with van der Waals surface area (Å²) in [5.41, 5.74) is -1.04. The molecule has 0 unspecified atom stereocenters. The summed E-state index contributed by atoms with van der Waals surface area (Å²) < 4.78 is 37.8. The number of carbonyl (C=O) groups excluding carboxylic acids is 1. The molecule has 0 aliphatic rings. The molecular weight excluding hydrogens is 307 g/mol. The number of urea groups is 1. The number of amides is 2. The minimum absolute atomic E-state index is 0.000768. The lowest BCUT2D eigenvalue weighted by molar-refractivity contribution is -0.137. The van der Waals surface area contributed by atoms with E-state index in [0.29, 0.717) is 0 Å². The van der Waals surface area contributed by atoms with Crippen molar-refractivity contribution in [1.29, 1.82) is 0 Å². The Morgan fingerprint density at radius 3 is 2.52 bits per heavy atom. The molecule has 2 aromatic rings. The number of nitrogens with one attached hydrogen (secondary N) is 2. The highest BCUT2D eigenvalue weighted by Crippen LogP contribution is 2.33. The van der Waals surface area contributed by atoms with Gasteiger partial charge in [0, 0.05) is 6.20 Å². The lowest BCUT2D eigenvalue weighted by atomic mass is 10.2. The molecule has 0 bridgehead atoms. The molecule has 2 rings (SSSR count). The van der Waals surface area contributed by atoms with Gasteiger partial charge in [0.2, 0.25) is 0 Å². The summed E-state index contributed by atoms with van der Waals surface area (Å²) in [6.07, 6.45) is -3.05. The minimum Gasteiger partial charge on any atom is -0.306 e. The van der Waals surface area contributed by atoms with Crippen molar-refractivity contribution in [2.24, 2.45) is 0 Å². The van der Waals surface area contributed by atoms with E-state index in [2.05, 4.69) is 15.6 Å². The van der Waals surface area contributed by atoms with E-state index in [1.165, 1.54) is 12.3 Å². The second-order valence-corrected chi connectivity index (χ2v) is 4.39. The molecule has 1 heterocycles. The van der Waals surface area contributed by atoms with E-state index in [1.54, 1.807) is 12.1 Å². The van der Waals surface area contributed by atoms with Gasteiger partial charge in [-0.15, -0.1) is 0 Å². The second-order valence-electron chi connectivity index (χ2n) is 3.99. The third-order valence-electron chi connectivity index (χ3n) is 2.45. The zero-order chi connectivity index (χ0) is 15.5. The summed E-state index contributed by atoms with van der Waals surface area (Å²) in [6.45, 7) is 0. The van der Waals surface area contributed by atoms with Gasteiger partial charge in [0.1, 0.15) is 5.82 Å². The molecule has 0 aliphatic carbocycles. The molecule has 0 spiro atoms. The number of benzene rings is 1. The Morgan fingerprint density at radius 1 is 1.14 bits per heavy atom. The number of alkyl halides is 3. The minimum atomic E-state index is -4.52. The molecule has 0 radical (unpaired) electrons. The maximum Gasteiger partial charge on any atom is 0.416 e. The molecule has 110 valence electrons. The van der Waals surface area contributed by atoms with Gasteiger partial charge < -0.3 is 5.32 Å². The third-order valence-corrected chi connectivity index (χ3v) is 2.78. The van der Waals surface area contributed by atoms with Crippen LogP contribution in [0.15, 0.2) is 42.6 Å². The lowest BCUT2D eigenvalue weighted by Crippen LogP contribution is -2.20. The molecule has 8 heteroatoms. The summed E-state index contributed by atoms with van der Waals surface area (Å²) in [4.78, 5) is 15.5. The lowest BCUT2D eigenvalue weighted by Gasteiger charge is -2.12. The van der Waals surface area contributed by atoms with Crippen molar-refractivity contribution in [3.63, 3.8) is 0 Å². The van der Waals surface area contributed by atoms with Crippen LogP contribution >= 0.6 is 11.6 Å². The largest absolute Gasteiger partial charge is 0.416 e. The van der Waals surface area contributed by atoms with E-state index in [9.17, 15) is 18.0 Å². The van der Waals surface area contributed by atoms with Crippen LogP contribution < -0.4 is 10.6 Å². The fourth-order valence-electron chi connectivity index (χ4n) is 1.50. The number of halogens is 4. The van der Waals surface area contributed by atoms with E-state index >= 15 is 0 Å². The molecule has 0 atom stereocenters. The third kappa shape index (κ3) is 4.09. The van der Waals surface area contributed by atoms with Crippen LogP contribution in [-0.2, 0) is 6.18 Å². The Hall–Kier alpha value is -2.28. The zero-order valence-electron chi connectivity index (χ0n) is 10.4. The number of rotatable bonds is 2. The van der Waals surface area contributed by atoms with Gasteiger partial charge in [0.05, 0.1) is 16.3 Å². The number of pyridine rings is 1. The van der Waals surface area contributed by atoms with Crippen LogP contribution in [0.5, 0.6) is 0 Å². The first-order chi connectivity index (χ1) is 9.86. The highest BCUT2D eigenvalue weighted by molar-refractivity contribution is 6.33. The summed E-state index contributed by atoms with van der Waals surface area (Å²) in [5.74, 6) is 0.262. The van der Waals surface area contributed by atoms with Crippen LogP contribution in [0.4, 0.5) is 29.5 Å². The van der Waals surface area contributed by atoms with Gasteiger partial charge in [-0.05, 0) is 30.3 Å². The zero-order valence-corrected chi connectivity index (χ0v) is 11.2. The highest BCUT2D eigenvalue weighted by atomic mass is 35.5. The number of carbonyl (C=O) groups is 1. The van der Waals surface area contributed by atoms with E-state index in [-0.39, 0.29) is 16.5 Å². The monoisotopic (exact) mass is 315 g/mol.